The summed E-state index contributed by atoms with van der Waals surface area (Å²) in [7, 11) is -3.53. The van der Waals surface area contributed by atoms with Gasteiger partial charge in [0.15, 0.2) is 0 Å². The molecule has 3 aliphatic rings. The molecule has 2 bridgehead atoms. The van der Waals surface area contributed by atoms with Gasteiger partial charge in [-0.05, 0) is 42.7 Å². The normalized spacial score (nSPS) is 26.0. The minimum absolute atomic E-state index is 0.0252. The number of carbonyl (C=O) groups excluding carboxylic acids is 2. The van der Waals surface area contributed by atoms with Gasteiger partial charge in [0.25, 0.3) is 5.91 Å². The molecule has 0 radical (unpaired) electrons. The molecule has 43 heavy (non-hydrogen) atoms. The summed E-state index contributed by atoms with van der Waals surface area (Å²) in [6, 6.07) is 10.2. The number of piperazine rings is 1. The monoisotopic (exact) mass is 624 g/mol. The molecule has 2 saturated heterocycles. The van der Waals surface area contributed by atoms with Gasteiger partial charge in [0, 0.05) is 45.2 Å². The number of nitrogens with one attached hydrogen (secondary N) is 2. The van der Waals surface area contributed by atoms with Crippen LogP contribution in [0.2, 0.25) is 0 Å². The zero-order chi connectivity index (χ0) is 30.8. The van der Waals surface area contributed by atoms with Crippen LogP contribution in [0.15, 0.2) is 48.5 Å². The van der Waals surface area contributed by atoms with Gasteiger partial charge in [-0.15, -0.1) is 0 Å². The summed E-state index contributed by atoms with van der Waals surface area (Å²) in [6.45, 7) is 1.33. The third-order valence-electron chi connectivity index (χ3n) is 7.99. The molecule has 2 fully saturated rings. The summed E-state index contributed by atoms with van der Waals surface area (Å²) < 4.78 is 77.9. The van der Waals surface area contributed by atoms with Gasteiger partial charge < -0.3 is 19.7 Å². The molecule has 0 saturated carbocycles. The molecule has 3 heterocycles. The number of benzene rings is 2. The number of amides is 2. The summed E-state index contributed by atoms with van der Waals surface area (Å²) in [6.07, 6.45) is -2.60. The Balaban J connectivity index is 1.39. The summed E-state index contributed by atoms with van der Waals surface area (Å²) in [5.41, 5.74) is 0.228. The maximum absolute atomic E-state index is 13.8. The van der Waals surface area contributed by atoms with E-state index in [1.807, 2.05) is 4.90 Å². The van der Waals surface area contributed by atoms with E-state index in [-0.39, 0.29) is 44.8 Å². The summed E-state index contributed by atoms with van der Waals surface area (Å²) in [5.74, 6) is -0.417. The molecule has 3 aliphatic heterocycles. The molecule has 0 spiro atoms. The minimum Gasteiger partial charge on any atom is -0.493 e. The summed E-state index contributed by atoms with van der Waals surface area (Å²) in [4.78, 5) is 30.9. The average molecular weight is 625 g/mol. The first-order chi connectivity index (χ1) is 20.4. The number of halogens is 3. The number of para-hydroxylation sites is 1. The van der Waals surface area contributed by atoms with Gasteiger partial charge in [0.05, 0.1) is 36.2 Å². The number of carbonyl (C=O) groups is 2. The molecule has 0 unspecified atom stereocenters. The highest BCUT2D eigenvalue weighted by Gasteiger charge is 2.39. The van der Waals surface area contributed by atoms with Gasteiger partial charge in [-0.1, -0.05) is 24.3 Å². The van der Waals surface area contributed by atoms with Crippen molar-refractivity contribution in [2.24, 2.45) is 0 Å². The fourth-order valence-electron chi connectivity index (χ4n) is 5.83. The average Bonchev–Trinajstić information content (AvgIpc) is 2.95. The van der Waals surface area contributed by atoms with Crippen molar-refractivity contribution in [3.8, 4) is 5.75 Å². The van der Waals surface area contributed by atoms with Crippen molar-refractivity contribution >= 4 is 21.8 Å². The predicted molar refractivity (Wildman–Crippen MR) is 151 cm³/mol. The van der Waals surface area contributed by atoms with Crippen LogP contribution in [0.4, 0.5) is 13.2 Å². The number of alkyl halides is 3. The van der Waals surface area contributed by atoms with Gasteiger partial charge in [0.1, 0.15) is 11.8 Å². The van der Waals surface area contributed by atoms with Crippen LogP contribution in [0.1, 0.15) is 40.7 Å². The minimum atomic E-state index is -4.44. The van der Waals surface area contributed by atoms with Crippen molar-refractivity contribution in [1.82, 2.24) is 19.8 Å². The van der Waals surface area contributed by atoms with Crippen LogP contribution in [-0.4, -0.2) is 93.4 Å². The Labute approximate surface area is 248 Å². The Morgan fingerprint density at radius 3 is 2.49 bits per heavy atom. The molecule has 10 nitrogen and oxygen atoms in total. The van der Waals surface area contributed by atoms with Crippen LogP contribution in [0.5, 0.6) is 5.75 Å². The number of ether oxygens (including phenoxy) is 2. The topological polar surface area (TPSA) is 117 Å². The standard InChI is InChI=1S/C29H35F3N4O6S/c1-43(39,40)34-23-11-10-21-12-15-41-25-5-3-2-4-22(25)28(38)36-14-13-35(18-24(36)27(37)33-16-26(23)42-21)17-19-6-8-20(9-7-19)29(30,31)32/h2-9,21,23-24,26,34H,10-18H2,1H3,(H,33,37)/t21-,23+,24-,26+/m0/s1. The van der Waals surface area contributed by atoms with Crippen LogP contribution in [0, 0.1) is 0 Å². The van der Waals surface area contributed by atoms with E-state index < -0.39 is 45.9 Å². The highest BCUT2D eigenvalue weighted by molar-refractivity contribution is 7.88. The maximum atomic E-state index is 13.8. The van der Waals surface area contributed by atoms with Gasteiger partial charge in [-0.25, -0.2) is 13.1 Å². The fraction of sp³-hybridized carbons (Fsp3) is 0.517. The molecular weight excluding hydrogens is 589 g/mol. The lowest BCUT2D eigenvalue weighted by molar-refractivity contribution is -0.137. The van der Waals surface area contributed by atoms with Crippen molar-refractivity contribution < 1.29 is 40.7 Å². The second kappa shape index (κ2) is 12.8. The van der Waals surface area contributed by atoms with E-state index in [1.165, 1.54) is 17.0 Å². The number of hydrogen-bond donors (Lipinski definition) is 2. The van der Waals surface area contributed by atoms with E-state index in [1.54, 1.807) is 24.3 Å². The lowest BCUT2D eigenvalue weighted by atomic mass is 9.97. The van der Waals surface area contributed by atoms with Crippen LogP contribution < -0.4 is 14.8 Å². The van der Waals surface area contributed by atoms with E-state index in [4.69, 9.17) is 9.47 Å². The Kier molecular flexibility index (Phi) is 9.30. The number of sulfonamides is 1. The SMILES string of the molecule is CS(=O)(=O)N[C@@H]1CC[C@H]2CCOc3ccccc3C(=O)N3CCN(Cc4ccc(C(F)(F)F)cc4)C[C@H]3C(=O)NC[C@H]1O2. The smallest absolute Gasteiger partial charge is 0.416 e. The number of fused-ring (bicyclic) bond motifs is 4. The first-order valence-corrected chi connectivity index (χ1v) is 16.1. The first-order valence-electron chi connectivity index (χ1n) is 14.2. The first kappa shape index (κ1) is 31.2. The van der Waals surface area contributed by atoms with Gasteiger partial charge >= 0.3 is 6.18 Å². The van der Waals surface area contributed by atoms with Crippen LogP contribution >= 0.6 is 0 Å². The predicted octanol–water partition coefficient (Wildman–Crippen LogP) is 2.40. The van der Waals surface area contributed by atoms with Gasteiger partial charge in [-0.3, -0.25) is 14.5 Å². The van der Waals surface area contributed by atoms with Gasteiger partial charge in [-0.2, -0.15) is 13.2 Å². The Morgan fingerprint density at radius 2 is 1.77 bits per heavy atom. The molecule has 0 aliphatic carbocycles. The molecular formula is C29H35F3N4O6S. The quantitative estimate of drug-likeness (QED) is 0.537. The zero-order valence-corrected chi connectivity index (χ0v) is 24.5. The summed E-state index contributed by atoms with van der Waals surface area (Å²) >= 11 is 0. The van der Waals surface area contributed by atoms with Crippen molar-refractivity contribution in [2.75, 3.05) is 39.0 Å². The molecule has 234 valence electrons. The molecule has 14 heteroatoms. The summed E-state index contributed by atoms with van der Waals surface area (Å²) in [5, 5.41) is 2.88. The number of rotatable bonds is 4. The molecule has 2 amide bonds. The molecule has 0 aromatic heterocycles. The maximum Gasteiger partial charge on any atom is 0.416 e. The Morgan fingerprint density at radius 1 is 1.02 bits per heavy atom. The number of nitrogens with zero attached hydrogens (tertiary/aromatic N) is 2. The molecule has 5 rings (SSSR count). The Bertz CT molecular complexity index is 1420. The molecule has 4 atom stereocenters. The van der Waals surface area contributed by atoms with Crippen molar-refractivity contribution in [1.29, 1.82) is 0 Å². The van der Waals surface area contributed by atoms with E-state index in [9.17, 15) is 31.2 Å². The zero-order valence-electron chi connectivity index (χ0n) is 23.7. The largest absolute Gasteiger partial charge is 0.493 e. The highest BCUT2D eigenvalue weighted by Crippen LogP contribution is 2.30. The van der Waals surface area contributed by atoms with Crippen LogP contribution in [-0.2, 0) is 32.3 Å². The second-order valence-corrected chi connectivity index (χ2v) is 13.0. The molecule has 2 aromatic rings. The fourth-order valence-corrected chi connectivity index (χ4v) is 6.64. The van der Waals surface area contributed by atoms with E-state index in [0.717, 1.165) is 18.4 Å². The lowest BCUT2D eigenvalue weighted by Crippen LogP contribution is -2.61. The third-order valence-corrected chi connectivity index (χ3v) is 8.72. The van der Waals surface area contributed by atoms with Crippen molar-refractivity contribution in [2.45, 2.75) is 56.3 Å². The second-order valence-electron chi connectivity index (χ2n) is 11.2. The van der Waals surface area contributed by atoms with E-state index in [0.29, 0.717) is 42.7 Å². The number of hydrogen-bond acceptors (Lipinski definition) is 7. The molecule has 2 N–H and O–H groups in total. The van der Waals surface area contributed by atoms with Crippen molar-refractivity contribution in [3.05, 3.63) is 65.2 Å². The van der Waals surface area contributed by atoms with Crippen LogP contribution in [0.25, 0.3) is 0 Å². The van der Waals surface area contributed by atoms with E-state index >= 15 is 0 Å². The third kappa shape index (κ3) is 7.85. The lowest BCUT2D eigenvalue weighted by Gasteiger charge is -2.42. The Hall–Kier alpha value is -3.20. The van der Waals surface area contributed by atoms with Gasteiger partial charge in [0.2, 0.25) is 15.9 Å². The van der Waals surface area contributed by atoms with E-state index in [2.05, 4.69) is 10.0 Å². The van der Waals surface area contributed by atoms with Crippen molar-refractivity contribution in [3.63, 3.8) is 0 Å². The highest BCUT2D eigenvalue weighted by atomic mass is 32.2. The van der Waals surface area contributed by atoms with Crippen LogP contribution in [0.3, 0.4) is 0 Å². The molecule has 2 aromatic carbocycles.